The number of rotatable bonds is 3. The van der Waals surface area contributed by atoms with Gasteiger partial charge < -0.3 is 9.72 Å². The van der Waals surface area contributed by atoms with E-state index in [1.807, 2.05) is 13.1 Å². The minimum absolute atomic E-state index is 0.201. The number of nitrogens with one attached hydrogen (secondary N) is 1. The van der Waals surface area contributed by atoms with Crippen LogP contribution < -0.4 is 4.74 Å². The summed E-state index contributed by atoms with van der Waals surface area (Å²) in [5.41, 5.74) is 2.04. The summed E-state index contributed by atoms with van der Waals surface area (Å²) < 4.78 is 28.3. The molecule has 0 saturated carbocycles. The Hall–Kier alpha value is -1.58. The van der Waals surface area contributed by atoms with Gasteiger partial charge in [0.05, 0.1) is 0 Å². The topological polar surface area (TPSA) is 25.0 Å². The van der Waals surface area contributed by atoms with Crippen molar-refractivity contribution in [1.82, 2.24) is 4.98 Å². The molecule has 0 saturated heterocycles. The minimum Gasteiger partial charge on any atom is -0.435 e. The number of ether oxygens (including phenoxy) is 1. The van der Waals surface area contributed by atoms with Crippen molar-refractivity contribution in [3.8, 4) is 5.75 Å². The Bertz CT molecular complexity index is 465. The van der Waals surface area contributed by atoms with E-state index < -0.39 is 6.61 Å². The molecule has 0 aliphatic heterocycles. The first-order valence-corrected chi connectivity index (χ1v) is 4.75. The molecule has 80 valence electrons. The van der Waals surface area contributed by atoms with E-state index in [0.717, 1.165) is 22.9 Å². The molecule has 0 radical (unpaired) electrons. The Balaban J connectivity index is 2.43. The highest BCUT2D eigenvalue weighted by molar-refractivity contribution is 5.84. The van der Waals surface area contributed by atoms with Crippen LogP contribution >= 0.6 is 0 Å². The normalized spacial score (nSPS) is 11.2. The molecular formula is C11H11F2NO. The third-order valence-corrected chi connectivity index (χ3v) is 2.34. The molecule has 0 atom stereocenters. The lowest BCUT2D eigenvalue weighted by atomic mass is 10.1. The van der Waals surface area contributed by atoms with Gasteiger partial charge >= 0.3 is 6.61 Å². The zero-order chi connectivity index (χ0) is 10.8. The van der Waals surface area contributed by atoms with Gasteiger partial charge in [0.15, 0.2) is 0 Å². The zero-order valence-electron chi connectivity index (χ0n) is 8.26. The second-order valence-electron chi connectivity index (χ2n) is 3.25. The van der Waals surface area contributed by atoms with Gasteiger partial charge in [0, 0.05) is 17.1 Å². The van der Waals surface area contributed by atoms with E-state index in [1.54, 1.807) is 12.1 Å². The van der Waals surface area contributed by atoms with Crippen molar-refractivity contribution < 1.29 is 13.5 Å². The van der Waals surface area contributed by atoms with Crippen molar-refractivity contribution in [3.05, 3.63) is 30.0 Å². The van der Waals surface area contributed by atoms with E-state index in [0.29, 0.717) is 0 Å². The molecule has 0 aliphatic carbocycles. The molecule has 0 spiro atoms. The highest BCUT2D eigenvalue weighted by Gasteiger charge is 2.07. The molecule has 2 nitrogen and oxygen atoms in total. The highest BCUT2D eigenvalue weighted by atomic mass is 19.3. The first-order valence-electron chi connectivity index (χ1n) is 4.75. The Labute approximate surface area is 85.9 Å². The van der Waals surface area contributed by atoms with Gasteiger partial charge in [-0.3, -0.25) is 0 Å². The molecule has 1 aromatic heterocycles. The molecule has 2 rings (SSSR count). The van der Waals surface area contributed by atoms with Crippen LogP contribution in [0.5, 0.6) is 5.75 Å². The maximum Gasteiger partial charge on any atom is 0.387 e. The van der Waals surface area contributed by atoms with E-state index in [4.69, 9.17) is 0 Å². The molecule has 1 N–H and O–H groups in total. The van der Waals surface area contributed by atoms with Gasteiger partial charge in [-0.15, -0.1) is 0 Å². The summed E-state index contributed by atoms with van der Waals surface area (Å²) in [5.74, 6) is 0.201. The summed E-state index contributed by atoms with van der Waals surface area (Å²) in [4.78, 5) is 3.08. The van der Waals surface area contributed by atoms with Crippen LogP contribution in [0.1, 0.15) is 12.5 Å². The Kier molecular flexibility index (Phi) is 2.58. The Morgan fingerprint density at radius 2 is 2.20 bits per heavy atom. The maximum atomic E-state index is 12.0. The van der Waals surface area contributed by atoms with Crippen LogP contribution in [0.25, 0.3) is 10.9 Å². The van der Waals surface area contributed by atoms with Gasteiger partial charge in [-0.05, 0) is 30.2 Å². The van der Waals surface area contributed by atoms with Crippen molar-refractivity contribution in [2.75, 3.05) is 0 Å². The molecule has 0 unspecified atom stereocenters. The Morgan fingerprint density at radius 1 is 1.40 bits per heavy atom. The van der Waals surface area contributed by atoms with Gasteiger partial charge in [0.2, 0.25) is 0 Å². The third kappa shape index (κ3) is 1.93. The fourth-order valence-electron chi connectivity index (χ4n) is 1.63. The lowest BCUT2D eigenvalue weighted by Crippen LogP contribution is -2.01. The van der Waals surface area contributed by atoms with Crippen LogP contribution in [0, 0.1) is 0 Å². The van der Waals surface area contributed by atoms with Crippen LogP contribution in [0.3, 0.4) is 0 Å². The Morgan fingerprint density at radius 3 is 2.87 bits per heavy atom. The molecule has 0 aliphatic rings. The summed E-state index contributed by atoms with van der Waals surface area (Å²) >= 11 is 0. The SMILES string of the molecule is CCc1c[nH]c2ccc(OC(F)F)cc12. The summed E-state index contributed by atoms with van der Waals surface area (Å²) in [6.45, 7) is -0.755. The molecular weight excluding hydrogens is 200 g/mol. The molecule has 1 heterocycles. The predicted molar refractivity (Wildman–Crippen MR) is 54.3 cm³/mol. The van der Waals surface area contributed by atoms with Crippen LogP contribution in [0.4, 0.5) is 8.78 Å². The lowest BCUT2D eigenvalue weighted by molar-refractivity contribution is -0.0497. The summed E-state index contributed by atoms with van der Waals surface area (Å²) in [6, 6.07) is 4.91. The van der Waals surface area contributed by atoms with E-state index in [9.17, 15) is 8.78 Å². The number of benzene rings is 1. The second kappa shape index (κ2) is 3.88. The van der Waals surface area contributed by atoms with Gasteiger partial charge in [-0.25, -0.2) is 0 Å². The average molecular weight is 211 g/mol. The number of fused-ring (bicyclic) bond motifs is 1. The number of aromatic nitrogens is 1. The second-order valence-corrected chi connectivity index (χ2v) is 3.25. The standard InChI is InChI=1S/C11H11F2NO/c1-2-7-6-14-10-4-3-8(5-9(7)10)15-11(12)13/h3-6,11,14H,2H2,1H3. The van der Waals surface area contributed by atoms with Crippen LogP contribution in [0.15, 0.2) is 24.4 Å². The fourth-order valence-corrected chi connectivity index (χ4v) is 1.63. The van der Waals surface area contributed by atoms with Crippen molar-refractivity contribution >= 4 is 10.9 Å². The third-order valence-electron chi connectivity index (χ3n) is 2.34. The number of halogens is 2. The van der Waals surface area contributed by atoms with Crippen LogP contribution in [0.2, 0.25) is 0 Å². The number of aromatic amines is 1. The summed E-state index contributed by atoms with van der Waals surface area (Å²) in [6.07, 6.45) is 2.74. The molecule has 1 aromatic carbocycles. The van der Waals surface area contributed by atoms with E-state index >= 15 is 0 Å². The van der Waals surface area contributed by atoms with Crippen molar-refractivity contribution in [3.63, 3.8) is 0 Å². The highest BCUT2D eigenvalue weighted by Crippen LogP contribution is 2.24. The molecule has 15 heavy (non-hydrogen) atoms. The minimum atomic E-state index is -2.77. The predicted octanol–water partition coefficient (Wildman–Crippen LogP) is 3.33. The first-order chi connectivity index (χ1) is 7.20. The van der Waals surface area contributed by atoms with Gasteiger partial charge in [0.1, 0.15) is 5.75 Å². The van der Waals surface area contributed by atoms with Crippen molar-refractivity contribution in [2.24, 2.45) is 0 Å². The zero-order valence-corrected chi connectivity index (χ0v) is 8.26. The smallest absolute Gasteiger partial charge is 0.387 e. The maximum absolute atomic E-state index is 12.0. The van der Waals surface area contributed by atoms with Gasteiger partial charge in [-0.1, -0.05) is 6.92 Å². The van der Waals surface area contributed by atoms with Gasteiger partial charge in [0.25, 0.3) is 0 Å². The number of H-pyrrole nitrogens is 1. The molecule has 0 bridgehead atoms. The lowest BCUT2D eigenvalue weighted by Gasteiger charge is -2.04. The van der Waals surface area contributed by atoms with E-state index in [1.165, 1.54) is 6.07 Å². The van der Waals surface area contributed by atoms with Crippen LogP contribution in [-0.2, 0) is 6.42 Å². The fraction of sp³-hybridized carbons (Fsp3) is 0.273. The first kappa shape index (κ1) is 9.96. The van der Waals surface area contributed by atoms with Crippen molar-refractivity contribution in [2.45, 2.75) is 20.0 Å². The summed E-state index contributed by atoms with van der Waals surface area (Å²) in [7, 11) is 0. The molecule has 2 aromatic rings. The van der Waals surface area contributed by atoms with Crippen molar-refractivity contribution in [1.29, 1.82) is 0 Å². The molecule has 0 fully saturated rings. The largest absolute Gasteiger partial charge is 0.435 e. The number of aryl methyl sites for hydroxylation is 1. The van der Waals surface area contributed by atoms with E-state index in [2.05, 4.69) is 9.72 Å². The number of hydrogen-bond donors (Lipinski definition) is 1. The summed E-state index contributed by atoms with van der Waals surface area (Å²) in [5, 5.41) is 0.940. The molecule has 0 amide bonds. The number of hydrogen-bond acceptors (Lipinski definition) is 1. The molecule has 4 heteroatoms. The quantitative estimate of drug-likeness (QED) is 0.827. The van der Waals surface area contributed by atoms with E-state index in [-0.39, 0.29) is 5.75 Å². The monoisotopic (exact) mass is 211 g/mol. The van der Waals surface area contributed by atoms with Gasteiger partial charge in [-0.2, -0.15) is 8.78 Å². The average Bonchev–Trinajstić information content (AvgIpc) is 2.59. The number of alkyl halides is 2. The van der Waals surface area contributed by atoms with Crippen LogP contribution in [-0.4, -0.2) is 11.6 Å².